The highest BCUT2D eigenvalue weighted by Crippen LogP contribution is 2.23. The van der Waals surface area contributed by atoms with Gasteiger partial charge in [-0.15, -0.1) is 0 Å². The molecule has 23 heavy (non-hydrogen) atoms. The molecular formula is C16H22N2O5. The third kappa shape index (κ3) is 3.25. The van der Waals surface area contributed by atoms with E-state index in [4.69, 9.17) is 4.42 Å². The number of hydrogen-bond acceptors (Lipinski definition) is 5. The number of nitrogens with zero attached hydrogens (tertiary/aromatic N) is 1. The number of amides is 2. The van der Waals surface area contributed by atoms with E-state index in [0.717, 1.165) is 25.7 Å². The monoisotopic (exact) mass is 322 g/mol. The maximum Gasteiger partial charge on any atom is 0.257 e. The van der Waals surface area contributed by atoms with Crippen molar-refractivity contribution in [1.82, 2.24) is 10.2 Å². The molecule has 7 nitrogen and oxygen atoms in total. The highest BCUT2D eigenvalue weighted by Gasteiger charge is 2.47. The van der Waals surface area contributed by atoms with Crippen molar-refractivity contribution in [3.63, 3.8) is 0 Å². The van der Waals surface area contributed by atoms with Crippen molar-refractivity contribution in [2.45, 2.75) is 56.4 Å². The van der Waals surface area contributed by atoms with Crippen molar-refractivity contribution in [1.29, 1.82) is 0 Å². The van der Waals surface area contributed by atoms with Crippen LogP contribution in [0.3, 0.4) is 0 Å². The Kier molecular flexibility index (Phi) is 4.68. The van der Waals surface area contributed by atoms with Gasteiger partial charge in [0.25, 0.3) is 5.91 Å². The first-order valence-electron chi connectivity index (χ1n) is 8.07. The van der Waals surface area contributed by atoms with Gasteiger partial charge in [-0.25, -0.2) is 0 Å². The molecule has 1 saturated carbocycles. The van der Waals surface area contributed by atoms with E-state index in [9.17, 15) is 19.8 Å². The predicted molar refractivity (Wildman–Crippen MR) is 80.6 cm³/mol. The standard InChI is InChI=1S/C16H22N2O5/c19-12-8-18(16(22)10-6-7-23-9-10)13(14(12)20)15(21)17-11-4-2-1-3-5-11/h6-7,9,11-14,19-20H,1-5,8H2,(H,17,21)/t12-,13-,14-/m0/s1. The number of carbonyl (C=O) groups excluding carboxylic acids is 2. The summed E-state index contributed by atoms with van der Waals surface area (Å²) < 4.78 is 4.89. The van der Waals surface area contributed by atoms with Crippen LogP contribution in [-0.2, 0) is 4.79 Å². The Bertz CT molecular complexity index is 553. The van der Waals surface area contributed by atoms with Crippen LogP contribution in [0.2, 0.25) is 0 Å². The lowest BCUT2D eigenvalue weighted by atomic mass is 9.95. The zero-order valence-corrected chi connectivity index (χ0v) is 12.9. The molecule has 1 aliphatic carbocycles. The first-order valence-corrected chi connectivity index (χ1v) is 8.07. The van der Waals surface area contributed by atoms with Gasteiger partial charge in [-0.3, -0.25) is 9.59 Å². The smallest absolute Gasteiger partial charge is 0.257 e. The molecular weight excluding hydrogens is 300 g/mol. The largest absolute Gasteiger partial charge is 0.472 e. The Morgan fingerprint density at radius 2 is 1.96 bits per heavy atom. The molecule has 2 heterocycles. The van der Waals surface area contributed by atoms with Gasteiger partial charge in [0.2, 0.25) is 5.91 Å². The second kappa shape index (κ2) is 6.72. The summed E-state index contributed by atoms with van der Waals surface area (Å²) >= 11 is 0. The van der Waals surface area contributed by atoms with E-state index in [0.29, 0.717) is 5.56 Å². The maximum atomic E-state index is 12.6. The molecule has 3 rings (SSSR count). The van der Waals surface area contributed by atoms with E-state index in [1.807, 2.05) is 0 Å². The molecule has 1 aromatic heterocycles. The number of nitrogens with one attached hydrogen (secondary N) is 1. The summed E-state index contributed by atoms with van der Waals surface area (Å²) in [5.41, 5.74) is 0.293. The van der Waals surface area contributed by atoms with Crippen LogP contribution < -0.4 is 5.32 Å². The molecule has 0 aromatic carbocycles. The second-order valence-corrected chi connectivity index (χ2v) is 6.32. The van der Waals surface area contributed by atoms with Crippen LogP contribution >= 0.6 is 0 Å². The molecule has 0 radical (unpaired) electrons. The zero-order chi connectivity index (χ0) is 16.4. The Morgan fingerprint density at radius 1 is 1.22 bits per heavy atom. The molecule has 0 bridgehead atoms. The third-order valence-electron chi connectivity index (χ3n) is 4.69. The van der Waals surface area contributed by atoms with Crippen molar-refractivity contribution >= 4 is 11.8 Å². The Hall–Kier alpha value is -1.86. The Morgan fingerprint density at radius 3 is 2.61 bits per heavy atom. The van der Waals surface area contributed by atoms with Crippen LogP contribution in [0.5, 0.6) is 0 Å². The van der Waals surface area contributed by atoms with Crippen LogP contribution in [0.1, 0.15) is 42.5 Å². The van der Waals surface area contributed by atoms with E-state index in [2.05, 4.69) is 5.32 Å². The average Bonchev–Trinajstić information content (AvgIpc) is 3.17. The Labute approximate surface area is 134 Å². The van der Waals surface area contributed by atoms with Gasteiger partial charge in [0.15, 0.2) is 0 Å². The van der Waals surface area contributed by atoms with Crippen LogP contribution in [0.25, 0.3) is 0 Å². The maximum absolute atomic E-state index is 12.6. The fourth-order valence-corrected chi connectivity index (χ4v) is 3.41. The van der Waals surface area contributed by atoms with Crippen molar-refractivity contribution in [3.05, 3.63) is 24.2 Å². The minimum absolute atomic E-state index is 0.0755. The number of rotatable bonds is 3. The molecule has 2 aliphatic rings. The highest BCUT2D eigenvalue weighted by atomic mass is 16.3. The molecule has 0 spiro atoms. The van der Waals surface area contributed by atoms with Gasteiger partial charge < -0.3 is 24.8 Å². The van der Waals surface area contributed by atoms with Crippen molar-refractivity contribution < 1.29 is 24.2 Å². The molecule has 2 fully saturated rings. The van der Waals surface area contributed by atoms with Gasteiger partial charge >= 0.3 is 0 Å². The van der Waals surface area contributed by atoms with Crippen LogP contribution in [0, 0.1) is 0 Å². The summed E-state index contributed by atoms with van der Waals surface area (Å²) in [5.74, 6) is -0.837. The number of carbonyl (C=O) groups is 2. The first kappa shape index (κ1) is 16.0. The summed E-state index contributed by atoms with van der Waals surface area (Å²) in [5, 5.41) is 23.0. The molecule has 1 aliphatic heterocycles. The van der Waals surface area contributed by atoms with Gasteiger partial charge in [0.1, 0.15) is 24.5 Å². The fourth-order valence-electron chi connectivity index (χ4n) is 3.41. The van der Waals surface area contributed by atoms with Crippen LogP contribution in [0.4, 0.5) is 0 Å². The van der Waals surface area contributed by atoms with Crippen molar-refractivity contribution in [2.75, 3.05) is 6.54 Å². The van der Waals surface area contributed by atoms with E-state index in [1.54, 1.807) is 0 Å². The van der Waals surface area contributed by atoms with Crippen LogP contribution in [0.15, 0.2) is 23.0 Å². The van der Waals surface area contributed by atoms with Gasteiger partial charge in [0.05, 0.1) is 18.4 Å². The number of hydrogen-bond donors (Lipinski definition) is 3. The van der Waals surface area contributed by atoms with Crippen molar-refractivity contribution in [3.8, 4) is 0 Å². The summed E-state index contributed by atoms with van der Waals surface area (Å²) in [6.45, 7) is -0.0755. The fraction of sp³-hybridized carbons (Fsp3) is 0.625. The SMILES string of the molecule is O=C(NC1CCCCC1)[C@@H]1[C@@H](O)[C@@H](O)CN1C(=O)c1ccoc1. The topological polar surface area (TPSA) is 103 Å². The van der Waals surface area contributed by atoms with Crippen molar-refractivity contribution in [2.24, 2.45) is 0 Å². The van der Waals surface area contributed by atoms with Gasteiger partial charge in [-0.2, -0.15) is 0 Å². The third-order valence-corrected chi connectivity index (χ3v) is 4.69. The van der Waals surface area contributed by atoms with Gasteiger partial charge in [0, 0.05) is 6.04 Å². The molecule has 126 valence electrons. The number of β-amino-alcohol motifs (C(OH)–C–C–N with tert-alkyl or cyclic N) is 1. The molecule has 0 unspecified atom stereocenters. The predicted octanol–water partition coefficient (Wildman–Crippen LogP) is 0.275. The molecule has 7 heteroatoms. The normalized spacial score (nSPS) is 28.8. The Balaban J connectivity index is 1.73. The minimum atomic E-state index is -1.28. The lowest BCUT2D eigenvalue weighted by Crippen LogP contribution is -2.53. The molecule has 2 amide bonds. The molecule has 3 N–H and O–H groups in total. The summed E-state index contributed by atoms with van der Waals surface area (Å²) in [6.07, 6.45) is 5.36. The minimum Gasteiger partial charge on any atom is -0.472 e. The lowest BCUT2D eigenvalue weighted by Gasteiger charge is -2.29. The second-order valence-electron chi connectivity index (χ2n) is 6.32. The molecule has 1 saturated heterocycles. The average molecular weight is 322 g/mol. The van der Waals surface area contributed by atoms with Gasteiger partial charge in [-0.05, 0) is 18.9 Å². The molecule has 3 atom stereocenters. The van der Waals surface area contributed by atoms with Crippen LogP contribution in [-0.4, -0.2) is 57.8 Å². The molecule has 1 aromatic rings. The number of aliphatic hydroxyl groups excluding tert-OH is 2. The highest BCUT2D eigenvalue weighted by molar-refractivity contribution is 5.98. The lowest BCUT2D eigenvalue weighted by molar-refractivity contribution is -0.128. The summed E-state index contributed by atoms with van der Waals surface area (Å²) in [4.78, 5) is 26.2. The zero-order valence-electron chi connectivity index (χ0n) is 12.9. The van der Waals surface area contributed by atoms with E-state index in [1.165, 1.54) is 29.9 Å². The summed E-state index contributed by atoms with van der Waals surface area (Å²) in [7, 11) is 0. The summed E-state index contributed by atoms with van der Waals surface area (Å²) in [6, 6.07) is 0.497. The first-order chi connectivity index (χ1) is 11.1. The van der Waals surface area contributed by atoms with E-state index < -0.39 is 30.1 Å². The quantitative estimate of drug-likeness (QED) is 0.741. The number of likely N-dealkylation sites (tertiary alicyclic amines) is 1. The van der Waals surface area contributed by atoms with Gasteiger partial charge in [-0.1, -0.05) is 19.3 Å². The number of aliphatic hydroxyl groups is 2. The van der Waals surface area contributed by atoms with E-state index in [-0.39, 0.29) is 12.6 Å². The number of furan rings is 1. The van der Waals surface area contributed by atoms with E-state index >= 15 is 0 Å².